The summed E-state index contributed by atoms with van der Waals surface area (Å²) in [6.07, 6.45) is 3.73. The van der Waals surface area contributed by atoms with E-state index in [1.807, 2.05) is 6.07 Å². The molecule has 1 aromatic heterocycles. The van der Waals surface area contributed by atoms with Gasteiger partial charge in [0.1, 0.15) is 5.82 Å². The van der Waals surface area contributed by atoms with Gasteiger partial charge in [0, 0.05) is 36.7 Å². The Morgan fingerprint density at radius 3 is 2.87 bits per heavy atom. The van der Waals surface area contributed by atoms with Gasteiger partial charge in [-0.3, -0.25) is 0 Å². The fraction of sp³-hybridized carbons (Fsp3) is 0.545. The molecule has 3 N–H and O–H groups in total. The van der Waals surface area contributed by atoms with Gasteiger partial charge in [0.05, 0.1) is 0 Å². The Morgan fingerprint density at radius 2 is 2.20 bits per heavy atom. The zero-order chi connectivity index (χ0) is 10.7. The van der Waals surface area contributed by atoms with Crippen molar-refractivity contribution in [3.05, 3.63) is 18.3 Å². The number of rotatable bonds is 2. The number of hydrogen-bond acceptors (Lipinski definition) is 4. The lowest BCUT2D eigenvalue weighted by atomic mass is 9.92. The van der Waals surface area contributed by atoms with Gasteiger partial charge in [-0.15, -0.1) is 0 Å². The van der Waals surface area contributed by atoms with Crippen LogP contribution in [0.25, 0.3) is 0 Å². The van der Waals surface area contributed by atoms with Gasteiger partial charge in [-0.1, -0.05) is 0 Å². The maximum absolute atomic E-state index is 5.70. The number of hydrogen-bond donors (Lipinski definition) is 2. The molecule has 0 aliphatic carbocycles. The number of nitrogens with one attached hydrogen (secondary N) is 1. The minimum Gasteiger partial charge on any atom is -0.399 e. The van der Waals surface area contributed by atoms with E-state index in [0.717, 1.165) is 37.6 Å². The Labute approximate surface area is 89.8 Å². The van der Waals surface area contributed by atoms with E-state index in [1.54, 1.807) is 12.3 Å². The monoisotopic (exact) mass is 207 g/mol. The van der Waals surface area contributed by atoms with Crippen LogP contribution in [-0.4, -0.2) is 23.7 Å². The Kier molecular flexibility index (Phi) is 2.77. The SMILES string of the molecule is CC1(Nc2cc(N)ccn2)CCOCC1. The molecule has 0 spiro atoms. The van der Waals surface area contributed by atoms with Crippen molar-refractivity contribution in [2.24, 2.45) is 0 Å². The van der Waals surface area contributed by atoms with E-state index < -0.39 is 0 Å². The van der Waals surface area contributed by atoms with Crippen LogP contribution < -0.4 is 11.1 Å². The topological polar surface area (TPSA) is 60.2 Å². The minimum atomic E-state index is 0.0824. The maximum atomic E-state index is 5.70. The molecule has 1 saturated heterocycles. The van der Waals surface area contributed by atoms with Crippen molar-refractivity contribution in [1.29, 1.82) is 0 Å². The highest BCUT2D eigenvalue weighted by Crippen LogP contribution is 2.24. The van der Waals surface area contributed by atoms with Gasteiger partial charge >= 0.3 is 0 Å². The van der Waals surface area contributed by atoms with Gasteiger partial charge in [0.2, 0.25) is 0 Å². The van der Waals surface area contributed by atoms with E-state index in [2.05, 4.69) is 17.2 Å². The maximum Gasteiger partial charge on any atom is 0.128 e. The Morgan fingerprint density at radius 1 is 1.47 bits per heavy atom. The Bertz CT molecular complexity index is 334. The van der Waals surface area contributed by atoms with E-state index in [9.17, 15) is 0 Å². The molecule has 82 valence electrons. The second-order valence-corrected chi connectivity index (χ2v) is 4.27. The molecule has 0 saturated carbocycles. The molecular formula is C11H17N3O. The molecule has 2 heterocycles. The van der Waals surface area contributed by atoms with E-state index in [1.165, 1.54) is 0 Å². The molecule has 0 radical (unpaired) electrons. The Balaban J connectivity index is 2.06. The summed E-state index contributed by atoms with van der Waals surface area (Å²) in [7, 11) is 0. The second-order valence-electron chi connectivity index (χ2n) is 4.27. The third kappa shape index (κ3) is 2.59. The number of nitrogens with zero attached hydrogens (tertiary/aromatic N) is 1. The fourth-order valence-corrected chi connectivity index (χ4v) is 1.77. The minimum absolute atomic E-state index is 0.0824. The van der Waals surface area contributed by atoms with Crippen LogP contribution in [-0.2, 0) is 4.74 Å². The third-order valence-electron chi connectivity index (χ3n) is 2.81. The highest BCUT2D eigenvalue weighted by molar-refractivity contribution is 5.49. The van der Waals surface area contributed by atoms with Crippen LogP contribution in [0.15, 0.2) is 18.3 Å². The lowest BCUT2D eigenvalue weighted by molar-refractivity contribution is 0.0657. The Hall–Kier alpha value is -1.29. The largest absolute Gasteiger partial charge is 0.399 e. The number of anilines is 2. The molecule has 2 rings (SSSR count). The molecule has 1 aliphatic rings. The van der Waals surface area contributed by atoms with Gasteiger partial charge in [0.25, 0.3) is 0 Å². The molecule has 1 fully saturated rings. The summed E-state index contributed by atoms with van der Waals surface area (Å²) in [5.74, 6) is 0.847. The van der Waals surface area contributed by atoms with Gasteiger partial charge in [-0.25, -0.2) is 4.98 Å². The number of nitrogen functional groups attached to an aromatic ring is 1. The smallest absolute Gasteiger partial charge is 0.128 e. The predicted molar refractivity (Wildman–Crippen MR) is 60.7 cm³/mol. The molecule has 15 heavy (non-hydrogen) atoms. The summed E-state index contributed by atoms with van der Waals surface area (Å²) >= 11 is 0. The highest BCUT2D eigenvalue weighted by atomic mass is 16.5. The van der Waals surface area contributed by atoms with Crippen LogP contribution in [0.5, 0.6) is 0 Å². The summed E-state index contributed by atoms with van der Waals surface area (Å²) in [5, 5.41) is 3.43. The van der Waals surface area contributed by atoms with Crippen molar-refractivity contribution in [3.63, 3.8) is 0 Å². The van der Waals surface area contributed by atoms with Crippen molar-refractivity contribution in [3.8, 4) is 0 Å². The molecule has 0 atom stereocenters. The van der Waals surface area contributed by atoms with Gasteiger partial charge in [-0.2, -0.15) is 0 Å². The van der Waals surface area contributed by atoms with Crippen LogP contribution in [0.2, 0.25) is 0 Å². The molecule has 1 aliphatic heterocycles. The first-order chi connectivity index (χ1) is 7.18. The average Bonchev–Trinajstić information content (AvgIpc) is 2.18. The first-order valence-electron chi connectivity index (χ1n) is 5.25. The zero-order valence-electron chi connectivity index (χ0n) is 8.99. The zero-order valence-corrected chi connectivity index (χ0v) is 8.99. The number of aromatic nitrogens is 1. The standard InChI is InChI=1S/C11H17N3O/c1-11(3-6-15-7-4-11)14-10-8-9(12)2-5-13-10/h2,5,8H,3-4,6-7H2,1H3,(H3,12,13,14). The number of nitrogens with two attached hydrogens (primary N) is 1. The first-order valence-corrected chi connectivity index (χ1v) is 5.25. The molecule has 0 unspecified atom stereocenters. The second kappa shape index (κ2) is 4.06. The lowest BCUT2D eigenvalue weighted by Crippen LogP contribution is -2.40. The normalized spacial score (nSPS) is 19.8. The van der Waals surface area contributed by atoms with Crippen LogP contribution in [0.1, 0.15) is 19.8 Å². The average molecular weight is 207 g/mol. The van der Waals surface area contributed by atoms with Crippen molar-refractivity contribution in [2.75, 3.05) is 24.3 Å². The van der Waals surface area contributed by atoms with Crippen LogP contribution in [0.4, 0.5) is 11.5 Å². The summed E-state index contributed by atoms with van der Waals surface area (Å²) < 4.78 is 5.34. The molecular weight excluding hydrogens is 190 g/mol. The van der Waals surface area contributed by atoms with E-state index in [0.29, 0.717) is 0 Å². The van der Waals surface area contributed by atoms with Gasteiger partial charge in [-0.05, 0) is 25.8 Å². The van der Waals surface area contributed by atoms with Crippen LogP contribution >= 0.6 is 0 Å². The lowest BCUT2D eigenvalue weighted by Gasteiger charge is -2.34. The molecule has 0 bridgehead atoms. The third-order valence-corrected chi connectivity index (χ3v) is 2.81. The molecule has 4 heteroatoms. The van der Waals surface area contributed by atoms with E-state index in [4.69, 9.17) is 10.5 Å². The summed E-state index contributed by atoms with van der Waals surface area (Å²) in [6, 6.07) is 3.65. The number of ether oxygens (including phenoxy) is 1. The number of pyridine rings is 1. The molecule has 4 nitrogen and oxygen atoms in total. The fourth-order valence-electron chi connectivity index (χ4n) is 1.77. The first kappa shape index (κ1) is 10.2. The predicted octanol–water partition coefficient (Wildman–Crippen LogP) is 1.64. The van der Waals surface area contributed by atoms with Gasteiger partial charge < -0.3 is 15.8 Å². The summed E-state index contributed by atoms with van der Waals surface area (Å²) in [6.45, 7) is 3.82. The van der Waals surface area contributed by atoms with Crippen molar-refractivity contribution in [1.82, 2.24) is 4.98 Å². The quantitative estimate of drug-likeness (QED) is 0.774. The molecule has 0 amide bonds. The highest BCUT2D eigenvalue weighted by Gasteiger charge is 2.27. The van der Waals surface area contributed by atoms with Crippen molar-refractivity contribution >= 4 is 11.5 Å². The summed E-state index contributed by atoms with van der Waals surface area (Å²) in [4.78, 5) is 4.25. The summed E-state index contributed by atoms with van der Waals surface area (Å²) in [5.41, 5.74) is 6.52. The van der Waals surface area contributed by atoms with Crippen LogP contribution in [0, 0.1) is 0 Å². The van der Waals surface area contributed by atoms with Crippen molar-refractivity contribution in [2.45, 2.75) is 25.3 Å². The van der Waals surface area contributed by atoms with Crippen LogP contribution in [0.3, 0.4) is 0 Å². The van der Waals surface area contributed by atoms with E-state index in [-0.39, 0.29) is 5.54 Å². The molecule has 0 aromatic carbocycles. The van der Waals surface area contributed by atoms with Crippen molar-refractivity contribution < 1.29 is 4.74 Å². The van der Waals surface area contributed by atoms with Gasteiger partial charge in [0.15, 0.2) is 0 Å². The molecule has 1 aromatic rings. The van der Waals surface area contributed by atoms with E-state index >= 15 is 0 Å².